The zero-order valence-corrected chi connectivity index (χ0v) is 14.1. The van der Waals surface area contributed by atoms with E-state index in [1.807, 2.05) is 30.3 Å². The molecule has 0 fully saturated rings. The van der Waals surface area contributed by atoms with Gasteiger partial charge in [-0.3, -0.25) is 4.90 Å². The number of para-hydroxylation sites is 1. The Balaban J connectivity index is 1.35. The largest absolute Gasteiger partial charge is 0.362 e. The van der Waals surface area contributed by atoms with Crippen molar-refractivity contribution in [3.63, 3.8) is 0 Å². The van der Waals surface area contributed by atoms with Crippen LogP contribution in [0.1, 0.15) is 17.5 Å². The molecule has 0 saturated heterocycles. The normalized spacial score (nSPS) is 14.1. The third-order valence-electron chi connectivity index (χ3n) is 4.18. The van der Waals surface area contributed by atoms with E-state index in [9.17, 15) is 0 Å². The van der Waals surface area contributed by atoms with Crippen LogP contribution in [0.3, 0.4) is 0 Å². The lowest BCUT2D eigenvalue weighted by Crippen LogP contribution is -2.34. The molecule has 1 aliphatic heterocycles. The minimum atomic E-state index is 0.695. The Labute approximate surface area is 143 Å². The number of benzene rings is 2. The highest BCUT2D eigenvalue weighted by atomic mass is 32.1. The second-order valence-electron chi connectivity index (χ2n) is 5.90. The lowest BCUT2D eigenvalue weighted by Gasteiger charge is -2.28. The van der Waals surface area contributed by atoms with Crippen molar-refractivity contribution < 1.29 is 0 Å². The first kappa shape index (κ1) is 16.0. The van der Waals surface area contributed by atoms with Gasteiger partial charge in [0.25, 0.3) is 0 Å². The van der Waals surface area contributed by atoms with Crippen molar-refractivity contribution >= 4 is 23.0 Å². The monoisotopic (exact) mass is 325 g/mol. The molecule has 1 aliphatic rings. The van der Waals surface area contributed by atoms with Crippen LogP contribution in [-0.2, 0) is 13.0 Å². The minimum Gasteiger partial charge on any atom is -0.362 e. The molecule has 0 spiro atoms. The van der Waals surface area contributed by atoms with Gasteiger partial charge in [-0.1, -0.05) is 42.5 Å². The molecule has 3 nitrogen and oxygen atoms in total. The molecule has 3 rings (SSSR count). The Bertz CT molecular complexity index is 642. The summed E-state index contributed by atoms with van der Waals surface area (Å²) in [5.74, 6) is 0. The lowest BCUT2D eigenvalue weighted by atomic mass is 10.00. The van der Waals surface area contributed by atoms with Crippen LogP contribution in [-0.4, -0.2) is 29.6 Å². The maximum absolute atomic E-state index is 5.32. The van der Waals surface area contributed by atoms with E-state index in [-0.39, 0.29) is 0 Å². The van der Waals surface area contributed by atoms with Crippen LogP contribution in [0.2, 0.25) is 0 Å². The molecule has 0 unspecified atom stereocenters. The average Bonchev–Trinajstić information content (AvgIpc) is 2.59. The SMILES string of the molecule is S=C(NCCCN1CCc2ccccc2C1)Nc1ccccc1. The summed E-state index contributed by atoms with van der Waals surface area (Å²) in [5, 5.41) is 7.18. The maximum Gasteiger partial charge on any atom is 0.170 e. The summed E-state index contributed by atoms with van der Waals surface area (Å²) in [4.78, 5) is 2.53. The molecule has 0 radical (unpaired) electrons. The quantitative estimate of drug-likeness (QED) is 0.651. The molecule has 0 saturated carbocycles. The highest BCUT2D eigenvalue weighted by Gasteiger charge is 2.14. The van der Waals surface area contributed by atoms with Gasteiger partial charge < -0.3 is 10.6 Å². The van der Waals surface area contributed by atoms with E-state index in [0.717, 1.165) is 44.7 Å². The van der Waals surface area contributed by atoms with Crippen LogP contribution in [0.25, 0.3) is 0 Å². The first-order chi connectivity index (χ1) is 11.3. The van der Waals surface area contributed by atoms with E-state index in [1.54, 1.807) is 0 Å². The van der Waals surface area contributed by atoms with Crippen molar-refractivity contribution in [3.8, 4) is 0 Å². The predicted octanol–water partition coefficient (Wildman–Crippen LogP) is 3.42. The van der Waals surface area contributed by atoms with Gasteiger partial charge in [0.2, 0.25) is 0 Å². The zero-order valence-electron chi connectivity index (χ0n) is 13.3. The highest BCUT2D eigenvalue weighted by Crippen LogP contribution is 2.18. The molecule has 2 aromatic rings. The fraction of sp³-hybridized carbons (Fsp3) is 0.316. The Hall–Kier alpha value is -1.91. The third kappa shape index (κ3) is 4.78. The summed E-state index contributed by atoms with van der Waals surface area (Å²) in [6, 6.07) is 18.8. The van der Waals surface area contributed by atoms with E-state index >= 15 is 0 Å². The number of thiocarbonyl (C=S) groups is 1. The molecule has 0 bridgehead atoms. The van der Waals surface area contributed by atoms with Gasteiger partial charge in [0.15, 0.2) is 5.11 Å². The number of nitrogens with zero attached hydrogens (tertiary/aromatic N) is 1. The fourth-order valence-electron chi connectivity index (χ4n) is 2.95. The van der Waals surface area contributed by atoms with Crippen LogP contribution in [0.5, 0.6) is 0 Å². The van der Waals surface area contributed by atoms with Gasteiger partial charge in [0, 0.05) is 31.9 Å². The number of anilines is 1. The number of fused-ring (bicyclic) bond motifs is 1. The Morgan fingerprint density at radius 1 is 1.00 bits per heavy atom. The van der Waals surface area contributed by atoms with Crippen LogP contribution in [0, 0.1) is 0 Å². The Morgan fingerprint density at radius 2 is 1.74 bits per heavy atom. The maximum atomic E-state index is 5.32. The molecule has 1 heterocycles. The summed E-state index contributed by atoms with van der Waals surface area (Å²) >= 11 is 5.32. The van der Waals surface area contributed by atoms with Crippen LogP contribution < -0.4 is 10.6 Å². The first-order valence-electron chi connectivity index (χ1n) is 8.20. The van der Waals surface area contributed by atoms with Crippen molar-refractivity contribution in [2.75, 3.05) is 25.0 Å². The van der Waals surface area contributed by atoms with Crippen molar-refractivity contribution in [1.82, 2.24) is 10.2 Å². The predicted molar refractivity (Wildman–Crippen MR) is 101 cm³/mol. The molecule has 0 aromatic heterocycles. The van der Waals surface area contributed by atoms with Gasteiger partial charge in [0.1, 0.15) is 0 Å². The molecule has 0 atom stereocenters. The van der Waals surface area contributed by atoms with E-state index in [2.05, 4.69) is 39.8 Å². The summed E-state index contributed by atoms with van der Waals surface area (Å²) < 4.78 is 0. The third-order valence-corrected chi connectivity index (χ3v) is 4.42. The van der Waals surface area contributed by atoms with Crippen LogP contribution in [0.4, 0.5) is 5.69 Å². The van der Waals surface area contributed by atoms with E-state index in [4.69, 9.17) is 12.2 Å². The summed E-state index contributed by atoms with van der Waals surface area (Å²) in [6.45, 7) is 4.23. The van der Waals surface area contributed by atoms with Crippen molar-refractivity contribution in [2.45, 2.75) is 19.4 Å². The molecule has 0 aliphatic carbocycles. The molecular formula is C19H23N3S. The number of hydrogen-bond donors (Lipinski definition) is 2. The fourth-order valence-corrected chi connectivity index (χ4v) is 3.17. The van der Waals surface area contributed by atoms with Crippen LogP contribution >= 0.6 is 12.2 Å². The standard InChI is InChI=1S/C19H23N3S/c23-19(21-18-9-2-1-3-10-18)20-12-6-13-22-14-11-16-7-4-5-8-17(16)15-22/h1-5,7-10H,6,11-15H2,(H2,20,21,23). The van der Waals surface area contributed by atoms with Gasteiger partial charge >= 0.3 is 0 Å². The topological polar surface area (TPSA) is 27.3 Å². The molecular weight excluding hydrogens is 302 g/mol. The molecule has 2 aromatic carbocycles. The van der Waals surface area contributed by atoms with Gasteiger partial charge in [-0.15, -0.1) is 0 Å². The summed E-state index contributed by atoms with van der Waals surface area (Å²) in [5.41, 5.74) is 4.01. The Kier molecular flexibility index (Phi) is 5.61. The molecule has 23 heavy (non-hydrogen) atoms. The van der Waals surface area contributed by atoms with Gasteiger partial charge in [0.05, 0.1) is 0 Å². The van der Waals surface area contributed by atoms with Crippen molar-refractivity contribution in [2.24, 2.45) is 0 Å². The highest BCUT2D eigenvalue weighted by molar-refractivity contribution is 7.80. The van der Waals surface area contributed by atoms with Crippen molar-refractivity contribution in [3.05, 3.63) is 65.7 Å². The summed E-state index contributed by atoms with van der Waals surface area (Å²) in [7, 11) is 0. The average molecular weight is 325 g/mol. The van der Waals surface area contributed by atoms with Gasteiger partial charge in [-0.2, -0.15) is 0 Å². The van der Waals surface area contributed by atoms with Crippen LogP contribution in [0.15, 0.2) is 54.6 Å². The van der Waals surface area contributed by atoms with E-state index in [1.165, 1.54) is 11.1 Å². The lowest BCUT2D eigenvalue weighted by molar-refractivity contribution is 0.251. The smallest absolute Gasteiger partial charge is 0.170 e. The van der Waals surface area contributed by atoms with Gasteiger partial charge in [-0.05, 0) is 48.3 Å². The van der Waals surface area contributed by atoms with E-state index < -0.39 is 0 Å². The number of nitrogens with one attached hydrogen (secondary N) is 2. The molecule has 4 heteroatoms. The van der Waals surface area contributed by atoms with E-state index in [0.29, 0.717) is 5.11 Å². The number of rotatable bonds is 5. The minimum absolute atomic E-state index is 0.695. The second-order valence-corrected chi connectivity index (χ2v) is 6.30. The molecule has 2 N–H and O–H groups in total. The molecule has 120 valence electrons. The summed E-state index contributed by atoms with van der Waals surface area (Å²) in [6.07, 6.45) is 2.26. The number of hydrogen-bond acceptors (Lipinski definition) is 2. The van der Waals surface area contributed by atoms with Gasteiger partial charge in [-0.25, -0.2) is 0 Å². The van der Waals surface area contributed by atoms with Crippen molar-refractivity contribution in [1.29, 1.82) is 0 Å². The first-order valence-corrected chi connectivity index (χ1v) is 8.61. The zero-order chi connectivity index (χ0) is 15.9. The Morgan fingerprint density at radius 3 is 2.57 bits per heavy atom. The molecule has 0 amide bonds. The second kappa shape index (κ2) is 8.09.